The van der Waals surface area contributed by atoms with Gasteiger partial charge in [-0.2, -0.15) is 0 Å². The maximum atomic E-state index is 5.89. The van der Waals surface area contributed by atoms with Gasteiger partial charge in [0.05, 0.1) is 6.10 Å². The summed E-state index contributed by atoms with van der Waals surface area (Å²) in [7, 11) is 0. The van der Waals surface area contributed by atoms with Crippen LogP contribution >= 0.6 is 0 Å². The molecule has 0 aliphatic carbocycles. The molecule has 18 heavy (non-hydrogen) atoms. The number of nitrogens with zero attached hydrogens (tertiary/aromatic N) is 1. The molecule has 2 unspecified atom stereocenters. The van der Waals surface area contributed by atoms with Crippen LogP contribution in [0.4, 0.5) is 0 Å². The number of rotatable bonds is 5. The summed E-state index contributed by atoms with van der Waals surface area (Å²) in [5.41, 5.74) is 0. The van der Waals surface area contributed by atoms with Crippen LogP contribution in [0.5, 0.6) is 0 Å². The third-order valence-electron chi connectivity index (χ3n) is 4.33. The molecule has 2 aliphatic heterocycles. The van der Waals surface area contributed by atoms with E-state index in [1.54, 1.807) is 0 Å². The van der Waals surface area contributed by atoms with Gasteiger partial charge in [0, 0.05) is 25.7 Å². The van der Waals surface area contributed by atoms with Crippen LogP contribution in [0.1, 0.15) is 46.0 Å². The van der Waals surface area contributed by atoms with Crippen molar-refractivity contribution < 1.29 is 4.74 Å². The van der Waals surface area contributed by atoms with Crippen LogP contribution in [-0.4, -0.2) is 49.8 Å². The zero-order valence-corrected chi connectivity index (χ0v) is 12.2. The van der Waals surface area contributed by atoms with Gasteiger partial charge in [-0.3, -0.25) is 4.90 Å². The van der Waals surface area contributed by atoms with E-state index in [0.29, 0.717) is 12.1 Å². The van der Waals surface area contributed by atoms with Gasteiger partial charge >= 0.3 is 0 Å². The van der Waals surface area contributed by atoms with Crippen LogP contribution in [0.3, 0.4) is 0 Å². The lowest BCUT2D eigenvalue weighted by Crippen LogP contribution is -2.45. The van der Waals surface area contributed by atoms with Crippen molar-refractivity contribution in [2.75, 3.05) is 32.8 Å². The van der Waals surface area contributed by atoms with Gasteiger partial charge in [0.25, 0.3) is 0 Å². The molecule has 106 valence electrons. The number of hydrogen-bond donors (Lipinski definition) is 1. The van der Waals surface area contributed by atoms with Gasteiger partial charge in [0.15, 0.2) is 0 Å². The van der Waals surface area contributed by atoms with Crippen LogP contribution in [0.2, 0.25) is 0 Å². The molecular weight excluding hydrogens is 224 g/mol. The second-order valence-corrected chi connectivity index (χ2v) is 6.25. The normalized spacial score (nSPS) is 30.0. The first-order chi connectivity index (χ1) is 8.75. The lowest BCUT2D eigenvalue weighted by molar-refractivity contribution is -0.0147. The van der Waals surface area contributed by atoms with Crippen molar-refractivity contribution in [2.45, 2.75) is 58.1 Å². The highest BCUT2D eigenvalue weighted by molar-refractivity contribution is 4.77. The molecule has 0 amide bonds. The van der Waals surface area contributed by atoms with E-state index < -0.39 is 0 Å². The average Bonchev–Trinajstić information content (AvgIpc) is 2.40. The SMILES string of the molecule is CC(C)N(CC1CCCNC1)CC1CCCCO1. The number of nitrogens with one attached hydrogen (secondary N) is 1. The Hall–Kier alpha value is -0.120. The topological polar surface area (TPSA) is 24.5 Å². The molecule has 0 saturated carbocycles. The molecule has 3 nitrogen and oxygen atoms in total. The Bertz CT molecular complexity index is 201. The first kappa shape index (κ1) is 14.3. The molecule has 0 aromatic heterocycles. The fraction of sp³-hybridized carbons (Fsp3) is 1.00. The fourth-order valence-corrected chi connectivity index (χ4v) is 3.12. The summed E-state index contributed by atoms with van der Waals surface area (Å²) < 4.78 is 5.89. The summed E-state index contributed by atoms with van der Waals surface area (Å²) in [6, 6.07) is 0.637. The summed E-state index contributed by atoms with van der Waals surface area (Å²) in [5, 5.41) is 3.52. The summed E-state index contributed by atoms with van der Waals surface area (Å²) >= 11 is 0. The van der Waals surface area contributed by atoms with Crippen molar-refractivity contribution in [1.82, 2.24) is 10.2 Å². The third-order valence-corrected chi connectivity index (χ3v) is 4.33. The van der Waals surface area contributed by atoms with Crippen molar-refractivity contribution in [1.29, 1.82) is 0 Å². The quantitative estimate of drug-likeness (QED) is 0.814. The van der Waals surface area contributed by atoms with Crippen molar-refractivity contribution in [3.63, 3.8) is 0 Å². The maximum Gasteiger partial charge on any atom is 0.0702 e. The predicted octanol–water partition coefficient (Wildman–Crippen LogP) is 2.27. The lowest BCUT2D eigenvalue weighted by atomic mass is 9.98. The zero-order chi connectivity index (χ0) is 12.8. The molecular formula is C15H30N2O. The first-order valence-electron chi connectivity index (χ1n) is 7.82. The summed E-state index contributed by atoms with van der Waals surface area (Å²) in [6.45, 7) is 10.4. The van der Waals surface area contributed by atoms with Crippen molar-refractivity contribution in [2.24, 2.45) is 5.92 Å². The van der Waals surface area contributed by atoms with Gasteiger partial charge in [-0.25, -0.2) is 0 Å². The van der Waals surface area contributed by atoms with Crippen molar-refractivity contribution in [3.05, 3.63) is 0 Å². The van der Waals surface area contributed by atoms with E-state index in [0.717, 1.165) is 19.1 Å². The summed E-state index contributed by atoms with van der Waals surface area (Å²) in [4.78, 5) is 2.63. The molecule has 2 saturated heterocycles. The Kier molecular flexibility index (Phi) is 5.93. The predicted molar refractivity (Wildman–Crippen MR) is 75.9 cm³/mol. The maximum absolute atomic E-state index is 5.89. The molecule has 0 radical (unpaired) electrons. The molecule has 0 aromatic carbocycles. The highest BCUT2D eigenvalue weighted by Gasteiger charge is 2.23. The second kappa shape index (κ2) is 7.46. The zero-order valence-electron chi connectivity index (χ0n) is 12.2. The highest BCUT2D eigenvalue weighted by Crippen LogP contribution is 2.18. The largest absolute Gasteiger partial charge is 0.377 e. The molecule has 2 fully saturated rings. The molecule has 0 aromatic rings. The van der Waals surface area contributed by atoms with Gasteiger partial charge in [0.1, 0.15) is 0 Å². The first-order valence-corrected chi connectivity index (χ1v) is 7.82. The van der Waals surface area contributed by atoms with Crippen molar-refractivity contribution in [3.8, 4) is 0 Å². The molecule has 0 spiro atoms. The Balaban J connectivity index is 1.78. The number of ether oxygens (including phenoxy) is 1. The van der Waals surface area contributed by atoms with Crippen LogP contribution in [0.15, 0.2) is 0 Å². The van der Waals surface area contributed by atoms with Crippen LogP contribution in [-0.2, 0) is 4.74 Å². The van der Waals surface area contributed by atoms with Gasteiger partial charge in [-0.1, -0.05) is 0 Å². The van der Waals surface area contributed by atoms with Gasteiger partial charge in [-0.05, 0) is 65.0 Å². The minimum absolute atomic E-state index is 0.484. The third kappa shape index (κ3) is 4.52. The van der Waals surface area contributed by atoms with Gasteiger partial charge < -0.3 is 10.1 Å². The summed E-state index contributed by atoms with van der Waals surface area (Å²) in [5.74, 6) is 0.838. The monoisotopic (exact) mass is 254 g/mol. The Labute approximate surface area is 112 Å². The Morgan fingerprint density at radius 2 is 2.06 bits per heavy atom. The molecule has 0 bridgehead atoms. The van der Waals surface area contributed by atoms with Crippen LogP contribution in [0.25, 0.3) is 0 Å². The second-order valence-electron chi connectivity index (χ2n) is 6.25. The molecule has 2 aliphatic rings. The molecule has 1 N–H and O–H groups in total. The van der Waals surface area contributed by atoms with Gasteiger partial charge in [0.2, 0.25) is 0 Å². The minimum Gasteiger partial charge on any atom is -0.377 e. The minimum atomic E-state index is 0.484. The Morgan fingerprint density at radius 3 is 2.67 bits per heavy atom. The molecule has 2 rings (SSSR count). The number of piperidine rings is 1. The van der Waals surface area contributed by atoms with E-state index in [-0.39, 0.29) is 0 Å². The lowest BCUT2D eigenvalue weighted by Gasteiger charge is -2.36. The highest BCUT2D eigenvalue weighted by atomic mass is 16.5. The van der Waals surface area contributed by atoms with E-state index in [2.05, 4.69) is 24.1 Å². The average molecular weight is 254 g/mol. The smallest absolute Gasteiger partial charge is 0.0702 e. The van der Waals surface area contributed by atoms with Crippen LogP contribution in [0, 0.1) is 5.92 Å². The fourth-order valence-electron chi connectivity index (χ4n) is 3.12. The summed E-state index contributed by atoms with van der Waals surface area (Å²) in [6.07, 6.45) is 7.08. The number of hydrogen-bond acceptors (Lipinski definition) is 3. The van der Waals surface area contributed by atoms with E-state index >= 15 is 0 Å². The van der Waals surface area contributed by atoms with E-state index in [4.69, 9.17) is 4.74 Å². The standard InChI is InChI=1S/C15H30N2O/c1-13(2)17(11-14-6-5-8-16-10-14)12-15-7-3-4-9-18-15/h13-16H,3-12H2,1-2H3. The van der Waals surface area contributed by atoms with E-state index in [1.807, 2.05) is 0 Å². The van der Waals surface area contributed by atoms with E-state index in [1.165, 1.54) is 51.7 Å². The molecule has 2 heterocycles. The van der Waals surface area contributed by atoms with Crippen molar-refractivity contribution >= 4 is 0 Å². The van der Waals surface area contributed by atoms with Gasteiger partial charge in [-0.15, -0.1) is 0 Å². The Morgan fingerprint density at radius 1 is 1.17 bits per heavy atom. The molecule has 2 atom stereocenters. The van der Waals surface area contributed by atoms with Crippen LogP contribution < -0.4 is 5.32 Å². The molecule has 3 heteroatoms. The van der Waals surface area contributed by atoms with E-state index in [9.17, 15) is 0 Å².